The van der Waals surface area contributed by atoms with Gasteiger partial charge in [-0.3, -0.25) is 29.0 Å². The molecule has 2 aromatic carbocycles. The minimum atomic E-state index is -1.11. The fourth-order valence-corrected chi connectivity index (χ4v) is 7.47. The first kappa shape index (κ1) is 43.3. The van der Waals surface area contributed by atoms with E-state index in [1.807, 2.05) is 30.3 Å². The zero-order valence-corrected chi connectivity index (χ0v) is 32.4. The lowest BCUT2D eigenvalue weighted by atomic mass is 9.84. The number of carbonyl (C=O) groups excluding carboxylic acids is 5. The van der Waals surface area contributed by atoms with Crippen LogP contribution in [0.3, 0.4) is 0 Å². The Morgan fingerprint density at radius 2 is 1.50 bits per heavy atom. The summed E-state index contributed by atoms with van der Waals surface area (Å²) in [4.78, 5) is 75.2. The van der Waals surface area contributed by atoms with Crippen molar-refractivity contribution in [1.82, 2.24) is 31.6 Å². The highest BCUT2D eigenvalue weighted by molar-refractivity contribution is 7.09. The summed E-state index contributed by atoms with van der Waals surface area (Å²) >= 11 is 1.17. The Morgan fingerprint density at radius 3 is 2.16 bits per heavy atom. The first-order valence-electron chi connectivity index (χ1n) is 18.9. The molecule has 4 rings (SSSR count). The van der Waals surface area contributed by atoms with E-state index in [2.05, 4.69) is 36.6 Å². The third-order valence-corrected chi connectivity index (χ3v) is 10.5. The van der Waals surface area contributed by atoms with Crippen LogP contribution in [0.2, 0.25) is 0 Å². The molecule has 15 nitrogen and oxygen atoms in total. The maximum Gasteiger partial charge on any atom is 0.271 e. The summed E-state index contributed by atoms with van der Waals surface area (Å²) in [7, 11) is 1.64. The number of aromatic nitrogens is 1. The number of nitrogens with zero attached hydrogens (tertiary/aromatic N) is 2. The first-order chi connectivity index (χ1) is 26.9. The SMILES string of the molecule is CNCC(=O)N[C@@H](Cc1ccc(F)cc1)c1nc(C(=O)N[C@H](CC2CCCCC2)C(=O)N[C@@H](CCCN=C(N)N)C(=O)N[C@@H](Cc2ccccc2)C(N)=O)cs1. The number of amides is 5. The highest BCUT2D eigenvalue weighted by atomic mass is 32.1. The quantitative estimate of drug-likeness (QED) is 0.0444. The number of guanidine groups is 1. The maximum absolute atomic E-state index is 14.1. The van der Waals surface area contributed by atoms with Crippen molar-refractivity contribution >= 4 is 46.8 Å². The maximum atomic E-state index is 14.1. The lowest BCUT2D eigenvalue weighted by molar-refractivity contribution is -0.132. The second kappa shape index (κ2) is 22.2. The van der Waals surface area contributed by atoms with Gasteiger partial charge in [0.15, 0.2) is 5.96 Å². The number of carbonyl (C=O) groups is 5. The smallest absolute Gasteiger partial charge is 0.271 e. The zero-order chi connectivity index (χ0) is 40.5. The molecule has 17 heteroatoms. The molecule has 1 aliphatic rings. The number of rotatable bonds is 21. The van der Waals surface area contributed by atoms with Crippen molar-refractivity contribution in [3.05, 3.63) is 87.6 Å². The van der Waals surface area contributed by atoms with Crippen LogP contribution in [-0.4, -0.2) is 78.7 Å². The van der Waals surface area contributed by atoms with E-state index in [-0.39, 0.29) is 55.2 Å². The number of hydrogen-bond donors (Lipinski definition) is 8. The minimum absolute atomic E-state index is 0.0511. The van der Waals surface area contributed by atoms with Gasteiger partial charge in [-0.25, -0.2) is 9.37 Å². The van der Waals surface area contributed by atoms with E-state index in [0.717, 1.165) is 43.2 Å². The third kappa shape index (κ3) is 14.3. The fraction of sp³-hybridized carbons (Fsp3) is 0.462. The first-order valence-corrected chi connectivity index (χ1v) is 19.7. The molecule has 1 aromatic heterocycles. The summed E-state index contributed by atoms with van der Waals surface area (Å²) < 4.78 is 13.6. The van der Waals surface area contributed by atoms with E-state index in [1.54, 1.807) is 24.6 Å². The van der Waals surface area contributed by atoms with Crippen molar-refractivity contribution in [2.45, 2.75) is 88.4 Å². The molecular weight excluding hydrogens is 740 g/mol. The molecule has 3 aromatic rings. The van der Waals surface area contributed by atoms with Crippen molar-refractivity contribution in [2.75, 3.05) is 20.1 Å². The molecule has 1 saturated carbocycles. The Bertz CT molecular complexity index is 1780. The average molecular weight is 793 g/mol. The van der Waals surface area contributed by atoms with E-state index < -0.39 is 47.8 Å². The molecule has 0 unspecified atom stereocenters. The van der Waals surface area contributed by atoms with Gasteiger partial charge in [-0.2, -0.15) is 0 Å². The highest BCUT2D eigenvalue weighted by Gasteiger charge is 2.32. The van der Waals surface area contributed by atoms with Gasteiger partial charge < -0.3 is 43.8 Å². The van der Waals surface area contributed by atoms with Gasteiger partial charge in [0.05, 0.1) is 12.6 Å². The van der Waals surface area contributed by atoms with Crippen molar-refractivity contribution in [1.29, 1.82) is 0 Å². The molecule has 4 atom stereocenters. The number of nitrogens with two attached hydrogens (primary N) is 3. The molecule has 1 fully saturated rings. The summed E-state index contributed by atoms with van der Waals surface area (Å²) in [6, 6.07) is 11.2. The molecule has 0 radical (unpaired) electrons. The molecule has 1 aliphatic carbocycles. The van der Waals surface area contributed by atoms with Gasteiger partial charge in [0.1, 0.15) is 34.6 Å². The molecule has 0 bridgehead atoms. The van der Waals surface area contributed by atoms with Crippen LogP contribution in [0.25, 0.3) is 0 Å². The molecular formula is C39H53FN10O5S. The average Bonchev–Trinajstić information content (AvgIpc) is 3.67. The zero-order valence-electron chi connectivity index (χ0n) is 31.6. The molecule has 0 saturated heterocycles. The van der Waals surface area contributed by atoms with E-state index >= 15 is 0 Å². The molecule has 0 spiro atoms. The predicted molar refractivity (Wildman–Crippen MR) is 213 cm³/mol. The molecule has 302 valence electrons. The molecule has 56 heavy (non-hydrogen) atoms. The van der Waals surface area contributed by atoms with Crippen LogP contribution in [0.4, 0.5) is 4.39 Å². The van der Waals surface area contributed by atoms with Crippen molar-refractivity contribution in [3.63, 3.8) is 0 Å². The Labute approximate surface area is 330 Å². The fourth-order valence-electron chi connectivity index (χ4n) is 6.62. The standard InChI is InChI=1S/C39H53FN10O5S/c1-44-22-33(51)46-31(21-26-14-16-27(40)17-15-26)38-50-32(23-56-38)37(55)49-30(20-25-11-6-3-7-12-25)36(54)47-28(13-8-18-45-39(42)43)35(53)48-29(34(41)52)19-24-9-4-2-5-10-24/h2,4-5,9-10,14-17,23,25,28-31,44H,3,6-8,11-13,18-22H2,1H3,(H2,41,52)(H,46,51)(H,47,54)(H,48,53)(H,49,55)(H4,42,43,45)/t28-,29-,30+,31-/m0/s1. The van der Waals surface area contributed by atoms with Crippen LogP contribution in [0.1, 0.15) is 84.0 Å². The topological polar surface area (TPSA) is 249 Å². The Morgan fingerprint density at radius 1 is 0.839 bits per heavy atom. The molecule has 0 aliphatic heterocycles. The number of hydrogen-bond acceptors (Lipinski definition) is 9. The van der Waals surface area contributed by atoms with Gasteiger partial charge >= 0.3 is 0 Å². The number of thiazole rings is 1. The van der Waals surface area contributed by atoms with Gasteiger partial charge in [0.2, 0.25) is 23.6 Å². The predicted octanol–water partition coefficient (Wildman–Crippen LogP) is 1.72. The monoisotopic (exact) mass is 792 g/mol. The van der Waals surface area contributed by atoms with Gasteiger partial charge in [-0.05, 0) is 61.9 Å². The molecule has 11 N–H and O–H groups in total. The van der Waals surface area contributed by atoms with Crippen LogP contribution < -0.4 is 43.8 Å². The minimum Gasteiger partial charge on any atom is -0.370 e. The van der Waals surface area contributed by atoms with Gasteiger partial charge in [0, 0.05) is 18.3 Å². The van der Waals surface area contributed by atoms with Crippen molar-refractivity contribution in [3.8, 4) is 0 Å². The van der Waals surface area contributed by atoms with Crippen LogP contribution in [0.5, 0.6) is 0 Å². The lowest BCUT2D eigenvalue weighted by Crippen LogP contribution is -2.57. The van der Waals surface area contributed by atoms with Crippen LogP contribution in [-0.2, 0) is 32.0 Å². The molecule has 5 amide bonds. The number of halogens is 1. The Hall–Kier alpha value is -5.42. The van der Waals surface area contributed by atoms with E-state index in [9.17, 15) is 28.4 Å². The largest absolute Gasteiger partial charge is 0.370 e. The second-order valence-electron chi connectivity index (χ2n) is 14.0. The Kier molecular flexibility index (Phi) is 17.2. The van der Waals surface area contributed by atoms with Gasteiger partial charge in [-0.1, -0.05) is 74.6 Å². The number of benzene rings is 2. The van der Waals surface area contributed by atoms with Crippen LogP contribution in [0, 0.1) is 11.7 Å². The number of nitrogens with one attached hydrogen (secondary N) is 5. The summed E-state index contributed by atoms with van der Waals surface area (Å²) in [6.07, 6.45) is 6.10. The highest BCUT2D eigenvalue weighted by Crippen LogP contribution is 2.28. The third-order valence-electron chi connectivity index (χ3n) is 9.51. The molecule has 1 heterocycles. The lowest BCUT2D eigenvalue weighted by Gasteiger charge is -2.28. The number of primary amides is 1. The van der Waals surface area contributed by atoms with Gasteiger partial charge in [0.25, 0.3) is 5.91 Å². The normalized spacial score (nSPS) is 15.0. The van der Waals surface area contributed by atoms with Gasteiger partial charge in [-0.15, -0.1) is 11.3 Å². The van der Waals surface area contributed by atoms with E-state index in [4.69, 9.17) is 17.2 Å². The Balaban J connectivity index is 1.54. The van der Waals surface area contributed by atoms with Crippen LogP contribution in [0.15, 0.2) is 65.0 Å². The second-order valence-corrected chi connectivity index (χ2v) is 14.9. The number of likely N-dealkylation sites (N-methyl/N-ethyl adjacent to an activating group) is 1. The number of aliphatic imine (C=N–C) groups is 1. The van der Waals surface area contributed by atoms with E-state index in [1.165, 1.54) is 23.5 Å². The van der Waals surface area contributed by atoms with Crippen LogP contribution >= 0.6 is 11.3 Å². The summed E-state index contributed by atoms with van der Waals surface area (Å²) in [5.74, 6) is -3.17. The van der Waals surface area contributed by atoms with Crippen molar-refractivity contribution in [2.24, 2.45) is 28.1 Å². The van der Waals surface area contributed by atoms with Crippen molar-refractivity contribution < 1.29 is 28.4 Å². The van der Waals surface area contributed by atoms with E-state index in [0.29, 0.717) is 24.3 Å². The summed E-state index contributed by atoms with van der Waals surface area (Å²) in [5.41, 5.74) is 18.2. The summed E-state index contributed by atoms with van der Waals surface area (Å²) in [5, 5.41) is 16.1. The summed E-state index contributed by atoms with van der Waals surface area (Å²) in [6.45, 7) is 0.247.